The average Bonchev–Trinajstić information content (AvgIpc) is 3.50. The molecule has 0 spiro atoms. The summed E-state index contributed by atoms with van der Waals surface area (Å²) in [5.41, 5.74) is 4.88. The molecular weight excluding hydrogens is 641 g/mol. The Hall–Kier alpha value is -2.92. The summed E-state index contributed by atoms with van der Waals surface area (Å²) < 4.78 is 50.1. The molecule has 2 aliphatic rings. The third kappa shape index (κ3) is 5.06. The zero-order chi connectivity index (χ0) is 27.3. The Labute approximate surface area is 239 Å². The predicted octanol–water partition coefficient (Wildman–Crippen LogP) is 4.32. The van der Waals surface area contributed by atoms with Gasteiger partial charge in [0.2, 0.25) is 0 Å². The molecule has 0 saturated heterocycles. The van der Waals surface area contributed by atoms with E-state index in [1.165, 1.54) is 9.64 Å². The van der Waals surface area contributed by atoms with Gasteiger partial charge in [-0.05, 0) is 0 Å². The Balaban J connectivity index is 1.40. The van der Waals surface area contributed by atoms with Gasteiger partial charge in [0, 0.05) is 0 Å². The second-order valence-corrected chi connectivity index (χ2v) is 12.5. The summed E-state index contributed by atoms with van der Waals surface area (Å²) in [4.78, 5) is 9.70. The molecule has 2 aromatic carbocycles. The SMILES string of the molecule is CCCC(Cc1cc(OC)c2nc(C)c(Cl)cc2c1)c1cc2c(c(-c3ccc4c(c3)OC(F)(F)O4)n1)OC[I-]2. The molecule has 0 amide bonds. The molecule has 0 aliphatic carbocycles. The fourth-order valence-electron chi connectivity index (χ4n) is 5.04. The van der Waals surface area contributed by atoms with Crippen LogP contribution in [0.15, 0.2) is 42.5 Å². The van der Waals surface area contributed by atoms with Crippen molar-refractivity contribution in [2.45, 2.75) is 45.3 Å². The Morgan fingerprint density at radius 1 is 1.10 bits per heavy atom. The Morgan fingerprint density at radius 3 is 2.72 bits per heavy atom. The summed E-state index contributed by atoms with van der Waals surface area (Å²) in [6.07, 6.45) is -1.04. The molecule has 204 valence electrons. The molecule has 39 heavy (non-hydrogen) atoms. The van der Waals surface area contributed by atoms with E-state index in [4.69, 9.17) is 30.8 Å². The van der Waals surface area contributed by atoms with Crippen LogP contribution in [0.4, 0.5) is 8.78 Å². The van der Waals surface area contributed by atoms with Gasteiger partial charge < -0.3 is 0 Å². The number of benzene rings is 2. The Bertz CT molecular complexity index is 1600. The van der Waals surface area contributed by atoms with Crippen LogP contribution in [0.2, 0.25) is 5.02 Å². The normalized spacial score (nSPS) is 15.9. The van der Waals surface area contributed by atoms with Crippen molar-refractivity contribution in [2.24, 2.45) is 0 Å². The van der Waals surface area contributed by atoms with Crippen molar-refractivity contribution in [2.75, 3.05) is 11.7 Å². The van der Waals surface area contributed by atoms with Crippen LogP contribution in [0, 0.1) is 10.5 Å². The molecule has 0 saturated carbocycles. The Morgan fingerprint density at radius 2 is 1.92 bits per heavy atom. The monoisotopic (exact) mass is 665 g/mol. The van der Waals surface area contributed by atoms with Crippen molar-refractivity contribution in [1.29, 1.82) is 0 Å². The standard InChI is InChI=1S/C29H25ClF2IN2O4/c1-4-5-17(8-16-9-19-11-20(30)15(2)34-26(19)25(10-16)36-3)22-13-21-28(37-14-33-21)27(35-22)18-6-7-23-24(12-18)39-29(31,32)38-23/h6-7,9-13,17H,4-5,8,14H2,1-3H3/q-1. The molecule has 0 bridgehead atoms. The van der Waals surface area contributed by atoms with E-state index in [1.54, 1.807) is 19.2 Å². The number of hydrogen-bond donors (Lipinski definition) is 0. The van der Waals surface area contributed by atoms with Crippen molar-refractivity contribution in [3.8, 4) is 34.3 Å². The molecule has 6 rings (SSSR count). The van der Waals surface area contributed by atoms with Crippen LogP contribution in [-0.4, -0.2) is 28.0 Å². The van der Waals surface area contributed by atoms with E-state index in [2.05, 4.69) is 28.8 Å². The van der Waals surface area contributed by atoms with Gasteiger partial charge in [-0.15, -0.1) is 0 Å². The van der Waals surface area contributed by atoms with Crippen LogP contribution in [0.3, 0.4) is 0 Å². The molecule has 4 aromatic rings. The van der Waals surface area contributed by atoms with E-state index in [0.29, 0.717) is 26.6 Å². The second kappa shape index (κ2) is 10.2. The van der Waals surface area contributed by atoms with Crippen LogP contribution < -0.4 is 40.2 Å². The summed E-state index contributed by atoms with van der Waals surface area (Å²) in [6.45, 7) is 4.03. The molecular formula is C29H25ClF2IN2O4-. The molecule has 4 heterocycles. The number of hydrogen-bond acceptors (Lipinski definition) is 6. The molecule has 2 aromatic heterocycles. The van der Waals surface area contributed by atoms with Gasteiger partial charge in [-0.25, -0.2) is 0 Å². The first-order valence-corrected chi connectivity index (χ1v) is 15.5. The summed E-state index contributed by atoms with van der Waals surface area (Å²) in [7, 11) is 1.65. The number of rotatable bonds is 7. The molecule has 10 heteroatoms. The van der Waals surface area contributed by atoms with Crippen LogP contribution in [0.5, 0.6) is 23.0 Å². The number of nitrogens with zero attached hydrogens (tertiary/aromatic N) is 2. The number of pyridine rings is 2. The van der Waals surface area contributed by atoms with E-state index < -0.39 is 6.29 Å². The molecule has 1 unspecified atom stereocenters. The zero-order valence-corrected chi connectivity index (χ0v) is 24.4. The first-order valence-electron chi connectivity index (χ1n) is 12.6. The average molecular weight is 666 g/mol. The van der Waals surface area contributed by atoms with E-state index in [-0.39, 0.29) is 38.6 Å². The van der Waals surface area contributed by atoms with Crippen molar-refractivity contribution in [3.63, 3.8) is 0 Å². The fraction of sp³-hybridized carbons (Fsp3) is 0.310. The van der Waals surface area contributed by atoms with Gasteiger partial charge in [0.1, 0.15) is 0 Å². The van der Waals surface area contributed by atoms with Crippen molar-refractivity contribution < 1.29 is 48.9 Å². The quantitative estimate of drug-likeness (QED) is 0.217. The van der Waals surface area contributed by atoms with E-state index in [9.17, 15) is 8.78 Å². The molecule has 0 radical (unpaired) electrons. The van der Waals surface area contributed by atoms with Crippen molar-refractivity contribution >= 4 is 22.5 Å². The maximum absolute atomic E-state index is 13.6. The fourth-order valence-corrected chi connectivity index (χ4v) is 7.30. The third-order valence-corrected chi connectivity index (χ3v) is 9.48. The first-order chi connectivity index (χ1) is 18.7. The van der Waals surface area contributed by atoms with E-state index in [1.807, 2.05) is 19.1 Å². The molecule has 0 fully saturated rings. The molecule has 2 aliphatic heterocycles. The number of aromatic nitrogens is 2. The van der Waals surface area contributed by atoms with Crippen LogP contribution in [0.1, 0.15) is 42.6 Å². The van der Waals surface area contributed by atoms with E-state index >= 15 is 0 Å². The minimum absolute atomic E-state index is 0.00351. The Kier molecular flexibility index (Phi) is 6.91. The number of halogens is 4. The topological polar surface area (TPSA) is 62.7 Å². The molecule has 0 N–H and O–H groups in total. The number of methoxy groups -OCH3 is 1. The van der Waals surface area contributed by atoms with Crippen molar-refractivity contribution in [3.05, 3.63) is 68.0 Å². The van der Waals surface area contributed by atoms with E-state index in [0.717, 1.165) is 52.9 Å². The van der Waals surface area contributed by atoms with Gasteiger partial charge in [-0.1, -0.05) is 0 Å². The number of aryl methyl sites for hydroxylation is 1. The summed E-state index contributed by atoms with van der Waals surface area (Å²) in [6, 6.07) is 13.0. The van der Waals surface area contributed by atoms with Gasteiger partial charge in [-0.2, -0.15) is 0 Å². The maximum atomic E-state index is 13.6. The number of alkyl halides is 3. The van der Waals surface area contributed by atoms with Gasteiger partial charge in [-0.3, -0.25) is 0 Å². The van der Waals surface area contributed by atoms with Crippen LogP contribution in [-0.2, 0) is 6.42 Å². The summed E-state index contributed by atoms with van der Waals surface area (Å²) in [5, 5.41) is 1.54. The third-order valence-electron chi connectivity index (χ3n) is 6.85. The zero-order valence-electron chi connectivity index (χ0n) is 21.5. The van der Waals surface area contributed by atoms with Gasteiger partial charge in [0.05, 0.1) is 0 Å². The summed E-state index contributed by atoms with van der Waals surface area (Å²) in [5.74, 6) is 1.55. The van der Waals surface area contributed by atoms with Crippen molar-refractivity contribution in [1.82, 2.24) is 9.97 Å². The van der Waals surface area contributed by atoms with Gasteiger partial charge in [0.15, 0.2) is 0 Å². The second-order valence-electron chi connectivity index (χ2n) is 9.54. The van der Waals surface area contributed by atoms with Gasteiger partial charge in [0.25, 0.3) is 0 Å². The molecule has 6 nitrogen and oxygen atoms in total. The van der Waals surface area contributed by atoms with Crippen LogP contribution in [0.25, 0.3) is 22.2 Å². The molecule has 1 atom stereocenters. The van der Waals surface area contributed by atoms with Crippen LogP contribution >= 0.6 is 11.6 Å². The first kappa shape index (κ1) is 26.3. The summed E-state index contributed by atoms with van der Waals surface area (Å²) >= 11 is 6.05. The number of fused-ring (bicyclic) bond motifs is 3. The minimum atomic E-state index is -3.67. The number of ether oxygens (including phenoxy) is 4. The predicted molar refractivity (Wildman–Crippen MR) is 139 cm³/mol. The van der Waals surface area contributed by atoms with Gasteiger partial charge >= 0.3 is 241 Å².